The summed E-state index contributed by atoms with van der Waals surface area (Å²) >= 11 is 1.76. The number of fused-ring (bicyclic) bond motifs is 1. The fraction of sp³-hybridized carbons (Fsp3) is 0.706. The number of likely N-dealkylation sites (tertiary alicyclic amines) is 2. The summed E-state index contributed by atoms with van der Waals surface area (Å²) in [7, 11) is 0. The third kappa shape index (κ3) is 2.94. The van der Waals surface area contributed by atoms with Crippen LogP contribution < -0.4 is 0 Å². The number of hydrogen-bond donors (Lipinski definition) is 0. The van der Waals surface area contributed by atoms with E-state index < -0.39 is 0 Å². The smallest absolute Gasteiger partial charge is 0.251 e. The van der Waals surface area contributed by atoms with E-state index in [0.717, 1.165) is 52.0 Å². The number of amides is 1. The van der Waals surface area contributed by atoms with Crippen molar-refractivity contribution < 1.29 is 9.53 Å². The average Bonchev–Trinajstić information content (AvgIpc) is 3.27. The lowest BCUT2D eigenvalue weighted by Crippen LogP contribution is -2.42. The van der Waals surface area contributed by atoms with Crippen LogP contribution in [0.1, 0.15) is 31.2 Å². The van der Waals surface area contributed by atoms with Crippen LogP contribution in [-0.4, -0.2) is 54.1 Å². The molecule has 4 heterocycles. The van der Waals surface area contributed by atoms with Gasteiger partial charge in [-0.05, 0) is 60.5 Å². The summed E-state index contributed by atoms with van der Waals surface area (Å²) in [5.41, 5.74) is 1.39. The molecular weight excluding hydrogens is 296 g/mol. The molecule has 3 saturated heterocycles. The Morgan fingerprint density at radius 1 is 1.32 bits per heavy atom. The molecule has 0 aliphatic carbocycles. The summed E-state index contributed by atoms with van der Waals surface area (Å²) in [6, 6.07) is 2.20. The van der Waals surface area contributed by atoms with Gasteiger partial charge in [-0.1, -0.05) is 0 Å². The maximum absolute atomic E-state index is 12.5. The first-order chi connectivity index (χ1) is 10.8. The van der Waals surface area contributed by atoms with Crippen LogP contribution in [0.3, 0.4) is 0 Å². The predicted octanol–water partition coefficient (Wildman–Crippen LogP) is 2.35. The van der Waals surface area contributed by atoms with E-state index in [1.165, 1.54) is 12.0 Å². The minimum Gasteiger partial charge on any atom is -0.364 e. The fourth-order valence-electron chi connectivity index (χ4n) is 4.08. The van der Waals surface area contributed by atoms with Crippen LogP contribution in [0, 0.1) is 5.92 Å². The Bertz CT molecular complexity index is 513. The predicted molar refractivity (Wildman–Crippen MR) is 86.8 cm³/mol. The van der Waals surface area contributed by atoms with Crippen LogP contribution >= 0.6 is 11.3 Å². The summed E-state index contributed by atoms with van der Waals surface area (Å²) < 4.78 is 6.16. The minimum atomic E-state index is -0.172. The van der Waals surface area contributed by atoms with Gasteiger partial charge >= 0.3 is 0 Å². The highest BCUT2D eigenvalue weighted by Gasteiger charge is 2.43. The van der Waals surface area contributed by atoms with Crippen LogP contribution in [0.2, 0.25) is 0 Å². The molecular formula is C17H24N2O2S. The van der Waals surface area contributed by atoms with E-state index in [4.69, 9.17) is 4.74 Å². The van der Waals surface area contributed by atoms with E-state index in [2.05, 4.69) is 21.7 Å². The van der Waals surface area contributed by atoms with Crippen molar-refractivity contribution in [1.29, 1.82) is 0 Å². The zero-order valence-electron chi connectivity index (χ0n) is 12.9. The van der Waals surface area contributed by atoms with Crippen LogP contribution in [0.4, 0.5) is 0 Å². The lowest BCUT2D eigenvalue weighted by atomic mass is 9.91. The van der Waals surface area contributed by atoms with Crippen LogP contribution in [0.5, 0.6) is 0 Å². The SMILES string of the molecule is O=C([C@@H]1C[C@H]2CCN(Cc3ccsc3)C[C@@H]2O1)N1CCCC1. The van der Waals surface area contributed by atoms with Crippen molar-refractivity contribution in [3.05, 3.63) is 22.4 Å². The number of carbonyl (C=O) groups excluding carboxylic acids is 1. The Morgan fingerprint density at radius 2 is 2.18 bits per heavy atom. The van der Waals surface area contributed by atoms with E-state index in [9.17, 15) is 4.79 Å². The molecule has 4 rings (SSSR count). The Balaban J connectivity index is 1.34. The minimum absolute atomic E-state index is 0.172. The number of nitrogens with zero attached hydrogens (tertiary/aromatic N) is 2. The van der Waals surface area contributed by atoms with Gasteiger partial charge in [-0.15, -0.1) is 0 Å². The fourth-order valence-corrected chi connectivity index (χ4v) is 4.74. The first-order valence-electron chi connectivity index (χ1n) is 8.47. The van der Waals surface area contributed by atoms with Gasteiger partial charge in [-0.3, -0.25) is 9.69 Å². The van der Waals surface area contributed by atoms with E-state index in [0.29, 0.717) is 5.92 Å². The van der Waals surface area contributed by atoms with E-state index in [-0.39, 0.29) is 18.1 Å². The second-order valence-corrected chi connectivity index (χ2v) is 7.63. The second-order valence-electron chi connectivity index (χ2n) is 6.85. The molecule has 120 valence electrons. The largest absolute Gasteiger partial charge is 0.364 e. The molecule has 3 atom stereocenters. The quantitative estimate of drug-likeness (QED) is 0.857. The molecule has 0 unspecified atom stereocenters. The maximum Gasteiger partial charge on any atom is 0.251 e. The molecule has 5 heteroatoms. The number of carbonyl (C=O) groups is 1. The molecule has 22 heavy (non-hydrogen) atoms. The third-order valence-electron chi connectivity index (χ3n) is 5.32. The molecule has 0 N–H and O–H groups in total. The zero-order chi connectivity index (χ0) is 14.9. The van der Waals surface area contributed by atoms with Gasteiger partial charge in [0.15, 0.2) is 0 Å². The monoisotopic (exact) mass is 320 g/mol. The zero-order valence-corrected chi connectivity index (χ0v) is 13.8. The van der Waals surface area contributed by atoms with Crippen molar-refractivity contribution in [2.24, 2.45) is 5.92 Å². The highest BCUT2D eigenvalue weighted by atomic mass is 32.1. The normalized spacial score (nSPS) is 32.4. The van der Waals surface area contributed by atoms with Crippen molar-refractivity contribution in [3.8, 4) is 0 Å². The molecule has 1 amide bonds. The Kier molecular flexibility index (Phi) is 4.20. The lowest BCUT2D eigenvalue weighted by molar-refractivity contribution is -0.142. The van der Waals surface area contributed by atoms with Gasteiger partial charge in [0.25, 0.3) is 5.91 Å². The first-order valence-corrected chi connectivity index (χ1v) is 9.41. The number of rotatable bonds is 3. The number of hydrogen-bond acceptors (Lipinski definition) is 4. The molecule has 0 radical (unpaired) electrons. The first kappa shape index (κ1) is 14.7. The lowest BCUT2D eigenvalue weighted by Gasteiger charge is -2.33. The summed E-state index contributed by atoms with van der Waals surface area (Å²) in [5, 5.41) is 4.36. The van der Waals surface area contributed by atoms with Crippen LogP contribution in [0.25, 0.3) is 0 Å². The molecule has 3 aliphatic heterocycles. The van der Waals surface area contributed by atoms with E-state index in [1.54, 1.807) is 11.3 Å². The maximum atomic E-state index is 12.5. The highest BCUT2D eigenvalue weighted by Crippen LogP contribution is 2.34. The molecule has 3 aliphatic rings. The van der Waals surface area contributed by atoms with Gasteiger partial charge in [0, 0.05) is 26.2 Å². The highest BCUT2D eigenvalue weighted by molar-refractivity contribution is 7.07. The molecule has 4 nitrogen and oxygen atoms in total. The molecule has 0 bridgehead atoms. The topological polar surface area (TPSA) is 32.8 Å². The third-order valence-corrected chi connectivity index (χ3v) is 6.05. The Labute approximate surface area is 136 Å². The van der Waals surface area contributed by atoms with Crippen LogP contribution in [0.15, 0.2) is 16.8 Å². The van der Waals surface area contributed by atoms with Crippen molar-refractivity contribution in [2.45, 2.75) is 44.4 Å². The van der Waals surface area contributed by atoms with E-state index >= 15 is 0 Å². The molecule has 0 spiro atoms. The van der Waals surface area contributed by atoms with Crippen molar-refractivity contribution >= 4 is 17.2 Å². The van der Waals surface area contributed by atoms with Crippen molar-refractivity contribution in [2.75, 3.05) is 26.2 Å². The van der Waals surface area contributed by atoms with Gasteiger partial charge in [0.2, 0.25) is 0 Å². The molecule has 3 fully saturated rings. The number of thiophene rings is 1. The van der Waals surface area contributed by atoms with Gasteiger partial charge in [0.1, 0.15) is 6.10 Å². The molecule has 0 saturated carbocycles. The Morgan fingerprint density at radius 3 is 2.95 bits per heavy atom. The molecule has 1 aromatic rings. The summed E-state index contributed by atoms with van der Waals surface area (Å²) in [4.78, 5) is 17.0. The van der Waals surface area contributed by atoms with Crippen molar-refractivity contribution in [3.63, 3.8) is 0 Å². The van der Waals surface area contributed by atoms with E-state index in [1.807, 2.05) is 4.90 Å². The summed E-state index contributed by atoms with van der Waals surface area (Å²) in [6.07, 6.45) is 4.49. The van der Waals surface area contributed by atoms with Crippen LogP contribution in [-0.2, 0) is 16.1 Å². The summed E-state index contributed by atoms with van der Waals surface area (Å²) in [6.45, 7) is 4.98. The number of ether oxygens (including phenoxy) is 1. The Hall–Kier alpha value is -0.910. The second kappa shape index (κ2) is 6.30. The standard InChI is InChI=1S/C17H24N2O2S/c20-17(19-5-1-2-6-19)15-9-14-3-7-18(11-16(14)21-15)10-13-4-8-22-12-13/h4,8,12,14-16H,1-3,5-7,9-11H2/t14-,15+,16+/m1/s1. The van der Waals surface area contributed by atoms with Gasteiger partial charge in [-0.2, -0.15) is 11.3 Å². The van der Waals surface area contributed by atoms with Gasteiger partial charge < -0.3 is 9.64 Å². The van der Waals surface area contributed by atoms with Gasteiger partial charge in [0.05, 0.1) is 6.10 Å². The number of piperidine rings is 1. The van der Waals surface area contributed by atoms with Gasteiger partial charge in [-0.25, -0.2) is 0 Å². The summed E-state index contributed by atoms with van der Waals surface area (Å²) in [5.74, 6) is 0.826. The average molecular weight is 320 g/mol. The van der Waals surface area contributed by atoms with Crippen molar-refractivity contribution in [1.82, 2.24) is 9.80 Å². The molecule has 1 aromatic heterocycles. The molecule has 0 aromatic carbocycles.